The molecule has 1 aliphatic heterocycles. The minimum Gasteiger partial charge on any atom is -0.544 e. The predicted octanol–water partition coefficient (Wildman–Crippen LogP) is 3.26. The zero-order chi connectivity index (χ0) is 19.1. The molecule has 148 valence electrons. The van der Waals surface area contributed by atoms with Crippen molar-refractivity contribution in [1.82, 2.24) is 0 Å². The van der Waals surface area contributed by atoms with Crippen LogP contribution in [-0.2, 0) is 4.79 Å². The fourth-order valence-corrected chi connectivity index (χ4v) is 3.45. The average Bonchev–Trinajstić information content (AvgIpc) is 2.97. The molecule has 0 aromatic rings. The Morgan fingerprint density at radius 2 is 1.77 bits per heavy atom. The maximum Gasteiger partial charge on any atom is 0.207 e. The van der Waals surface area contributed by atoms with E-state index >= 15 is 0 Å². The van der Waals surface area contributed by atoms with Crippen LogP contribution in [0.3, 0.4) is 0 Å². The summed E-state index contributed by atoms with van der Waals surface area (Å²) in [4.78, 5) is 15.5. The number of rotatable bonds is 16. The summed E-state index contributed by atoms with van der Waals surface area (Å²) >= 11 is 0. The number of hydrogen-bond donors (Lipinski definition) is 1. The molecule has 0 fully saturated rings. The van der Waals surface area contributed by atoms with E-state index in [-0.39, 0.29) is 11.0 Å². The van der Waals surface area contributed by atoms with Gasteiger partial charge in [-0.2, -0.15) is 0 Å². The molecule has 0 amide bonds. The van der Waals surface area contributed by atoms with Crippen LogP contribution in [0, 0.1) is 0 Å². The number of carboxylic acids is 1. The number of carboxylic acid groups (broad SMARTS) is 1. The van der Waals surface area contributed by atoms with Crippen molar-refractivity contribution >= 4 is 11.8 Å². The SMILES string of the molecule is CCCCCC/C=C/CCCCCCC1=NC=C[N+]1(CCN)CC(=O)[O-]. The Bertz CT molecular complexity index is 486. The van der Waals surface area contributed by atoms with Gasteiger partial charge in [0.2, 0.25) is 5.84 Å². The van der Waals surface area contributed by atoms with Gasteiger partial charge in [0, 0.05) is 13.0 Å². The lowest BCUT2D eigenvalue weighted by molar-refractivity contribution is -0.780. The Kier molecular flexibility index (Phi) is 11.9. The molecule has 1 rings (SSSR count). The second-order valence-electron chi connectivity index (χ2n) is 7.19. The van der Waals surface area contributed by atoms with E-state index in [4.69, 9.17) is 5.73 Å². The average molecular weight is 364 g/mol. The van der Waals surface area contributed by atoms with Crippen LogP contribution in [0.2, 0.25) is 0 Å². The smallest absolute Gasteiger partial charge is 0.207 e. The first-order valence-electron chi connectivity index (χ1n) is 10.3. The van der Waals surface area contributed by atoms with Gasteiger partial charge in [-0.3, -0.25) is 0 Å². The molecule has 1 atom stereocenters. The van der Waals surface area contributed by atoms with Crippen LogP contribution in [-0.4, -0.2) is 35.9 Å². The number of amidine groups is 1. The van der Waals surface area contributed by atoms with Crippen LogP contribution in [0.1, 0.15) is 77.6 Å². The summed E-state index contributed by atoms with van der Waals surface area (Å²) in [5.74, 6) is -0.147. The van der Waals surface area contributed by atoms with Gasteiger partial charge < -0.3 is 15.6 Å². The normalized spacial score (nSPS) is 19.4. The molecule has 1 heterocycles. The van der Waals surface area contributed by atoms with E-state index in [0.717, 1.165) is 31.5 Å². The Morgan fingerprint density at radius 1 is 1.12 bits per heavy atom. The molecular formula is C21H37N3O2. The molecule has 0 saturated carbocycles. The van der Waals surface area contributed by atoms with Gasteiger partial charge in [0.25, 0.3) is 0 Å². The first-order valence-corrected chi connectivity index (χ1v) is 10.3. The molecule has 1 aliphatic rings. The summed E-state index contributed by atoms with van der Waals surface area (Å²) in [6, 6.07) is 0. The van der Waals surface area contributed by atoms with Gasteiger partial charge in [-0.25, -0.2) is 9.48 Å². The number of carbonyl (C=O) groups is 1. The Morgan fingerprint density at radius 3 is 2.38 bits per heavy atom. The summed E-state index contributed by atoms with van der Waals surface area (Å²) in [7, 11) is 0. The highest BCUT2D eigenvalue weighted by atomic mass is 16.4. The van der Waals surface area contributed by atoms with Crippen molar-refractivity contribution in [3.8, 4) is 0 Å². The quantitative estimate of drug-likeness (QED) is 0.260. The largest absolute Gasteiger partial charge is 0.544 e. The number of allylic oxidation sites excluding steroid dienone is 2. The summed E-state index contributed by atoms with van der Waals surface area (Å²) in [6.45, 7) is 3.16. The number of unbranched alkanes of at least 4 members (excludes halogenated alkanes) is 8. The Labute approximate surface area is 159 Å². The maximum atomic E-state index is 11.1. The Balaban J connectivity index is 2.15. The van der Waals surface area contributed by atoms with Crippen molar-refractivity contribution < 1.29 is 14.4 Å². The number of carbonyl (C=O) groups excluding carboxylic acids is 1. The van der Waals surface area contributed by atoms with Crippen molar-refractivity contribution in [1.29, 1.82) is 0 Å². The molecule has 2 N–H and O–H groups in total. The van der Waals surface area contributed by atoms with Crippen LogP contribution in [0.15, 0.2) is 29.5 Å². The van der Waals surface area contributed by atoms with Gasteiger partial charge in [-0.1, -0.05) is 51.2 Å². The topological polar surface area (TPSA) is 78.5 Å². The van der Waals surface area contributed by atoms with Crippen molar-refractivity contribution in [2.45, 2.75) is 77.6 Å². The molecule has 0 bridgehead atoms. The van der Waals surface area contributed by atoms with Crippen LogP contribution in [0.4, 0.5) is 0 Å². The van der Waals surface area contributed by atoms with E-state index < -0.39 is 5.97 Å². The van der Waals surface area contributed by atoms with Gasteiger partial charge in [-0.05, 0) is 32.1 Å². The third-order valence-corrected chi connectivity index (χ3v) is 4.94. The predicted molar refractivity (Wildman–Crippen MR) is 106 cm³/mol. The molecule has 26 heavy (non-hydrogen) atoms. The number of nitrogens with zero attached hydrogens (tertiary/aromatic N) is 2. The van der Waals surface area contributed by atoms with Gasteiger partial charge in [0.1, 0.15) is 19.3 Å². The van der Waals surface area contributed by atoms with Gasteiger partial charge in [0.15, 0.2) is 0 Å². The molecule has 0 aliphatic carbocycles. The molecule has 0 radical (unpaired) electrons. The molecule has 0 spiro atoms. The van der Waals surface area contributed by atoms with E-state index in [1.165, 1.54) is 44.9 Å². The third-order valence-electron chi connectivity index (χ3n) is 4.94. The van der Waals surface area contributed by atoms with Crippen molar-refractivity contribution in [3.05, 3.63) is 24.6 Å². The van der Waals surface area contributed by atoms with Crippen LogP contribution < -0.4 is 10.8 Å². The molecule has 5 heteroatoms. The highest BCUT2D eigenvalue weighted by Gasteiger charge is 2.34. The second-order valence-corrected chi connectivity index (χ2v) is 7.19. The lowest BCUT2D eigenvalue weighted by Gasteiger charge is -2.32. The third kappa shape index (κ3) is 8.77. The van der Waals surface area contributed by atoms with Crippen LogP contribution in [0.25, 0.3) is 0 Å². The lowest BCUT2D eigenvalue weighted by atomic mass is 10.1. The number of nitrogens with two attached hydrogens (primary N) is 1. The highest BCUT2D eigenvalue weighted by molar-refractivity contribution is 5.80. The van der Waals surface area contributed by atoms with E-state index in [2.05, 4.69) is 24.1 Å². The minimum absolute atomic E-state index is 0.0738. The van der Waals surface area contributed by atoms with E-state index in [1.807, 2.05) is 6.20 Å². The summed E-state index contributed by atoms with van der Waals surface area (Å²) in [5, 5.41) is 11.1. The van der Waals surface area contributed by atoms with Crippen molar-refractivity contribution in [2.75, 3.05) is 19.6 Å². The van der Waals surface area contributed by atoms with Gasteiger partial charge in [0.05, 0.1) is 12.2 Å². The fourth-order valence-electron chi connectivity index (χ4n) is 3.45. The zero-order valence-corrected chi connectivity index (χ0v) is 16.5. The van der Waals surface area contributed by atoms with Crippen LogP contribution in [0.5, 0.6) is 0 Å². The standard InChI is InChI=1S/C21H37N3O2/c1-2-3-4-5-6-7-8-9-10-11-12-13-14-20-23-16-18-24(20,17-15-22)19-21(25)26/h7-8,16,18H,2-6,9-15,17,19,22H2,1H3/b8-7+. The zero-order valence-electron chi connectivity index (χ0n) is 16.5. The first-order chi connectivity index (χ1) is 12.6. The van der Waals surface area contributed by atoms with Crippen molar-refractivity contribution in [2.24, 2.45) is 10.7 Å². The number of quaternary nitrogens is 1. The molecule has 0 saturated heterocycles. The van der Waals surface area contributed by atoms with E-state index in [9.17, 15) is 9.90 Å². The fraction of sp³-hybridized carbons (Fsp3) is 0.714. The van der Waals surface area contributed by atoms with Crippen LogP contribution >= 0.6 is 0 Å². The molecule has 0 aromatic carbocycles. The lowest BCUT2D eigenvalue weighted by Crippen LogP contribution is -2.55. The van der Waals surface area contributed by atoms with Crippen molar-refractivity contribution in [3.63, 3.8) is 0 Å². The number of aliphatic imine (C=N–C) groups is 1. The summed E-state index contributed by atoms with van der Waals surface area (Å²) < 4.78 is 0.236. The van der Waals surface area contributed by atoms with Gasteiger partial charge >= 0.3 is 0 Å². The van der Waals surface area contributed by atoms with Gasteiger partial charge in [-0.15, -0.1) is 0 Å². The molecular weight excluding hydrogens is 326 g/mol. The molecule has 0 aromatic heterocycles. The Hall–Kier alpha value is -1.46. The molecule has 1 unspecified atom stereocenters. The maximum absolute atomic E-state index is 11.1. The number of aliphatic carboxylic acids is 1. The second kappa shape index (κ2) is 13.7. The molecule has 5 nitrogen and oxygen atoms in total. The monoisotopic (exact) mass is 363 g/mol. The van der Waals surface area contributed by atoms with E-state index in [0.29, 0.717) is 13.1 Å². The summed E-state index contributed by atoms with van der Waals surface area (Å²) in [5.41, 5.74) is 5.68. The first kappa shape index (κ1) is 22.6. The van der Waals surface area contributed by atoms with E-state index in [1.54, 1.807) is 6.20 Å². The minimum atomic E-state index is -1.06. The number of hydrogen-bond acceptors (Lipinski definition) is 4. The highest BCUT2D eigenvalue weighted by Crippen LogP contribution is 2.20. The summed E-state index contributed by atoms with van der Waals surface area (Å²) in [6.07, 6.45) is 21.3.